The second-order valence-electron chi connectivity index (χ2n) is 9.40. The minimum Gasteiger partial charge on any atom is -0.463 e. The first-order chi connectivity index (χ1) is 18.2. The summed E-state index contributed by atoms with van der Waals surface area (Å²) in [5.41, 5.74) is 3.51. The van der Waals surface area contributed by atoms with Crippen LogP contribution in [0.4, 0.5) is 0 Å². The Morgan fingerprint density at radius 2 is 1.87 bits per heavy atom. The molecule has 1 atom stereocenters. The summed E-state index contributed by atoms with van der Waals surface area (Å²) in [6.45, 7) is 9.61. The maximum Gasteiger partial charge on any atom is 0.338 e. The van der Waals surface area contributed by atoms with Crippen molar-refractivity contribution >= 4 is 29.4 Å². The van der Waals surface area contributed by atoms with Crippen molar-refractivity contribution in [2.75, 3.05) is 6.61 Å². The third-order valence-electron chi connectivity index (χ3n) is 6.23. The Balaban J connectivity index is 1.93. The normalized spacial score (nSPS) is 15.3. The predicted octanol–water partition coefficient (Wildman–Crippen LogP) is 4.63. The molecule has 7 nitrogen and oxygen atoms in total. The Labute approximate surface area is 225 Å². The van der Waals surface area contributed by atoms with E-state index in [2.05, 4.69) is 13.8 Å². The van der Waals surface area contributed by atoms with Gasteiger partial charge in [-0.15, -0.1) is 0 Å². The zero-order chi connectivity index (χ0) is 27.4. The average molecular weight is 533 g/mol. The number of carbonyl (C=O) groups excluding carboxylic acids is 2. The molecule has 0 N–H and O–H groups in total. The fraction of sp³-hybridized carbons (Fsp3) is 0.333. The number of aromatic nitrogens is 1. The molecule has 1 aliphatic rings. The second kappa shape index (κ2) is 11.7. The molecule has 2 aromatic carbocycles. The highest BCUT2D eigenvalue weighted by Crippen LogP contribution is 2.33. The van der Waals surface area contributed by atoms with Crippen molar-refractivity contribution in [2.24, 2.45) is 4.99 Å². The maximum absolute atomic E-state index is 13.9. The first-order valence-electron chi connectivity index (χ1n) is 12.8. The lowest BCUT2D eigenvalue weighted by atomic mass is 9.92. The van der Waals surface area contributed by atoms with E-state index >= 15 is 0 Å². The largest absolute Gasteiger partial charge is 0.463 e. The van der Waals surface area contributed by atoms with Crippen LogP contribution in [0.2, 0.25) is 0 Å². The second-order valence-corrected chi connectivity index (χ2v) is 10.4. The summed E-state index contributed by atoms with van der Waals surface area (Å²) in [5, 5.41) is 0. The van der Waals surface area contributed by atoms with Gasteiger partial charge in [-0.25, -0.2) is 9.79 Å². The van der Waals surface area contributed by atoms with Crippen LogP contribution in [-0.4, -0.2) is 23.1 Å². The lowest BCUT2D eigenvalue weighted by molar-refractivity contribution is -0.139. The van der Waals surface area contributed by atoms with Crippen LogP contribution in [0.15, 0.2) is 69.6 Å². The number of rotatable bonds is 8. The molecule has 0 spiro atoms. The highest BCUT2D eigenvalue weighted by molar-refractivity contribution is 7.07. The van der Waals surface area contributed by atoms with Gasteiger partial charge in [0.1, 0.15) is 5.75 Å². The summed E-state index contributed by atoms with van der Waals surface area (Å²) < 4.78 is 12.7. The molecule has 4 rings (SSSR count). The number of fused-ring (bicyclic) bond motifs is 1. The zero-order valence-corrected chi connectivity index (χ0v) is 23.1. The summed E-state index contributed by atoms with van der Waals surface area (Å²) in [5.74, 6) is -0.123. The third kappa shape index (κ3) is 5.70. The Hall–Kier alpha value is -3.78. The van der Waals surface area contributed by atoms with Crippen molar-refractivity contribution in [1.82, 2.24) is 4.57 Å². The minimum absolute atomic E-state index is 0.226. The molecule has 0 saturated carbocycles. The molecule has 198 valence electrons. The number of hydrogen-bond donors (Lipinski definition) is 0. The molecular formula is C30H32N2O5S. The monoisotopic (exact) mass is 532 g/mol. The van der Waals surface area contributed by atoms with Crippen molar-refractivity contribution in [3.63, 3.8) is 0 Å². The van der Waals surface area contributed by atoms with Crippen LogP contribution in [0.1, 0.15) is 76.1 Å². The smallest absolute Gasteiger partial charge is 0.338 e. The van der Waals surface area contributed by atoms with Gasteiger partial charge in [-0.1, -0.05) is 74.9 Å². The summed E-state index contributed by atoms with van der Waals surface area (Å²) in [7, 11) is 0. The molecule has 1 aliphatic heterocycles. The number of nitrogens with zero attached hydrogens (tertiary/aromatic N) is 2. The fourth-order valence-electron chi connectivity index (χ4n) is 4.48. The van der Waals surface area contributed by atoms with Gasteiger partial charge < -0.3 is 9.47 Å². The standard InChI is InChI=1S/C30H32N2O5S/c1-6-9-24-26(29(35)36-7-2)27(22-14-12-21(13-15-22)18(3)4)32-28(34)25(38-30(32)31-24)17-20-10-8-11-23(16-20)37-19(5)33/h8,10-18,27H,6-7,9H2,1-5H3/b25-17-/t27-/m1/s1. The first kappa shape index (κ1) is 27.3. The number of ether oxygens (including phenoxy) is 2. The number of carbonyl (C=O) groups is 2. The van der Waals surface area contributed by atoms with Crippen molar-refractivity contribution in [1.29, 1.82) is 0 Å². The minimum atomic E-state index is -0.650. The lowest BCUT2D eigenvalue weighted by Crippen LogP contribution is -2.40. The molecule has 2 heterocycles. The summed E-state index contributed by atoms with van der Waals surface area (Å²) in [6, 6.07) is 14.4. The van der Waals surface area contributed by atoms with Crippen LogP contribution < -0.4 is 19.6 Å². The van der Waals surface area contributed by atoms with E-state index in [0.717, 1.165) is 12.0 Å². The molecule has 0 radical (unpaired) electrons. The molecule has 0 saturated heterocycles. The van der Waals surface area contributed by atoms with E-state index in [1.54, 1.807) is 35.8 Å². The zero-order valence-electron chi connectivity index (χ0n) is 22.3. The number of thiazole rings is 1. The Kier molecular flexibility index (Phi) is 8.42. The molecule has 0 fully saturated rings. The van der Waals surface area contributed by atoms with E-state index in [1.165, 1.54) is 23.8 Å². The Morgan fingerprint density at radius 3 is 2.50 bits per heavy atom. The van der Waals surface area contributed by atoms with Crippen LogP contribution in [-0.2, 0) is 14.3 Å². The highest BCUT2D eigenvalue weighted by atomic mass is 32.1. The first-order valence-corrected chi connectivity index (χ1v) is 13.6. The molecule has 0 unspecified atom stereocenters. The van der Waals surface area contributed by atoms with Crippen LogP contribution in [0.5, 0.6) is 5.75 Å². The van der Waals surface area contributed by atoms with E-state index in [0.29, 0.717) is 44.3 Å². The lowest BCUT2D eigenvalue weighted by Gasteiger charge is -2.26. The van der Waals surface area contributed by atoms with E-state index < -0.39 is 18.0 Å². The number of benzene rings is 2. The topological polar surface area (TPSA) is 87.0 Å². The SMILES string of the molecule is CCCC1=C(C(=O)OCC)[C@@H](c2ccc(C(C)C)cc2)n2c(s/c(=C\c3cccc(OC(C)=O)c3)c2=O)=N1. The van der Waals surface area contributed by atoms with Gasteiger partial charge in [0.15, 0.2) is 4.80 Å². The maximum atomic E-state index is 13.9. The van der Waals surface area contributed by atoms with Crippen LogP contribution in [0.25, 0.3) is 6.08 Å². The van der Waals surface area contributed by atoms with E-state index in [9.17, 15) is 14.4 Å². The van der Waals surface area contributed by atoms with Crippen molar-refractivity contribution in [3.05, 3.63) is 96.2 Å². The van der Waals surface area contributed by atoms with Gasteiger partial charge in [0.05, 0.1) is 28.5 Å². The number of allylic oxidation sites excluding steroid dienone is 1. The van der Waals surface area contributed by atoms with Crippen molar-refractivity contribution < 1.29 is 19.1 Å². The molecule has 0 amide bonds. The third-order valence-corrected chi connectivity index (χ3v) is 7.21. The van der Waals surface area contributed by atoms with E-state index in [-0.39, 0.29) is 12.2 Å². The van der Waals surface area contributed by atoms with Gasteiger partial charge in [0.25, 0.3) is 5.56 Å². The number of esters is 2. The predicted molar refractivity (Wildman–Crippen MR) is 148 cm³/mol. The highest BCUT2D eigenvalue weighted by Gasteiger charge is 2.34. The quantitative estimate of drug-likeness (QED) is 0.312. The van der Waals surface area contributed by atoms with Crippen molar-refractivity contribution in [2.45, 2.75) is 59.4 Å². The van der Waals surface area contributed by atoms with Gasteiger partial charge in [-0.05, 0) is 54.2 Å². The summed E-state index contributed by atoms with van der Waals surface area (Å²) in [4.78, 5) is 43.8. The van der Waals surface area contributed by atoms with Crippen LogP contribution in [0.3, 0.4) is 0 Å². The van der Waals surface area contributed by atoms with Crippen LogP contribution in [0, 0.1) is 0 Å². The molecule has 3 aromatic rings. The van der Waals surface area contributed by atoms with E-state index in [1.807, 2.05) is 37.3 Å². The molecular weight excluding hydrogens is 500 g/mol. The van der Waals surface area contributed by atoms with Gasteiger partial charge in [0, 0.05) is 6.92 Å². The van der Waals surface area contributed by atoms with Gasteiger partial charge in [-0.3, -0.25) is 14.2 Å². The summed E-state index contributed by atoms with van der Waals surface area (Å²) >= 11 is 1.27. The van der Waals surface area contributed by atoms with Gasteiger partial charge in [0.2, 0.25) is 0 Å². The fourth-order valence-corrected chi connectivity index (χ4v) is 5.50. The molecule has 38 heavy (non-hydrogen) atoms. The average Bonchev–Trinajstić information content (AvgIpc) is 3.17. The number of hydrogen-bond acceptors (Lipinski definition) is 7. The van der Waals surface area contributed by atoms with Gasteiger partial charge in [-0.2, -0.15) is 0 Å². The molecule has 1 aromatic heterocycles. The summed E-state index contributed by atoms with van der Waals surface area (Å²) in [6.07, 6.45) is 3.13. The van der Waals surface area contributed by atoms with Gasteiger partial charge >= 0.3 is 11.9 Å². The Morgan fingerprint density at radius 1 is 1.13 bits per heavy atom. The van der Waals surface area contributed by atoms with Crippen LogP contribution >= 0.6 is 11.3 Å². The van der Waals surface area contributed by atoms with Crippen molar-refractivity contribution in [3.8, 4) is 5.75 Å². The Bertz CT molecular complexity index is 1560. The molecule has 0 aliphatic carbocycles. The molecule has 0 bridgehead atoms. The molecule has 8 heteroatoms. The van der Waals surface area contributed by atoms with E-state index in [4.69, 9.17) is 14.5 Å².